The Hall–Kier alpha value is -1.02. The van der Waals surface area contributed by atoms with Gasteiger partial charge in [-0.3, -0.25) is 0 Å². The third kappa shape index (κ3) is 2.22. The van der Waals surface area contributed by atoms with E-state index in [1.54, 1.807) is 0 Å². The van der Waals surface area contributed by atoms with Crippen LogP contribution >= 0.6 is 0 Å². The molecule has 1 aromatic carbocycles. The summed E-state index contributed by atoms with van der Waals surface area (Å²) in [5.41, 5.74) is 2.47. The maximum Gasteiger partial charge on any atom is 0.106 e. The summed E-state index contributed by atoms with van der Waals surface area (Å²) in [6, 6.07) is 8.92. The minimum Gasteiger partial charge on any atom is -0.383 e. The van der Waals surface area contributed by atoms with Gasteiger partial charge in [-0.1, -0.05) is 12.1 Å². The molecule has 0 bridgehead atoms. The molecule has 0 amide bonds. The average molecular weight is 177 g/mol. The van der Waals surface area contributed by atoms with Gasteiger partial charge in [0.2, 0.25) is 0 Å². The van der Waals surface area contributed by atoms with Crippen LogP contribution in [0.3, 0.4) is 0 Å². The van der Waals surface area contributed by atoms with Crippen molar-refractivity contribution in [2.45, 2.75) is 26.0 Å². The standard InChI is InChI=1S/C11H15NO/c1-8(2)12-10-5-3-4-9(6-10)11-7-13-11/h3-6,8,11-12H,7H2,1-2H3. The van der Waals surface area contributed by atoms with Crippen LogP contribution < -0.4 is 5.32 Å². The normalized spacial score (nSPS) is 20.4. The molecule has 0 aromatic heterocycles. The van der Waals surface area contributed by atoms with Crippen LogP contribution in [-0.4, -0.2) is 12.6 Å². The van der Waals surface area contributed by atoms with Crippen LogP contribution in [0.2, 0.25) is 0 Å². The van der Waals surface area contributed by atoms with Crippen molar-refractivity contribution in [1.82, 2.24) is 0 Å². The molecular formula is C11H15NO. The minimum atomic E-state index is 0.355. The van der Waals surface area contributed by atoms with E-state index in [1.807, 2.05) is 0 Å². The quantitative estimate of drug-likeness (QED) is 0.718. The summed E-state index contributed by atoms with van der Waals surface area (Å²) in [7, 11) is 0. The number of hydrogen-bond donors (Lipinski definition) is 1. The third-order valence-electron chi connectivity index (χ3n) is 2.05. The van der Waals surface area contributed by atoms with Crippen LogP contribution in [0, 0.1) is 0 Å². The van der Waals surface area contributed by atoms with Crippen molar-refractivity contribution < 1.29 is 4.74 Å². The molecule has 2 heteroatoms. The first-order chi connectivity index (χ1) is 6.25. The van der Waals surface area contributed by atoms with E-state index in [4.69, 9.17) is 4.74 Å². The lowest BCUT2D eigenvalue weighted by molar-refractivity contribution is 0.415. The summed E-state index contributed by atoms with van der Waals surface area (Å²) in [4.78, 5) is 0. The fourth-order valence-electron chi connectivity index (χ4n) is 1.40. The molecule has 0 spiro atoms. The van der Waals surface area contributed by atoms with Gasteiger partial charge in [0.1, 0.15) is 6.10 Å². The summed E-state index contributed by atoms with van der Waals surface area (Å²) in [6.07, 6.45) is 0.355. The fourth-order valence-corrected chi connectivity index (χ4v) is 1.40. The second-order valence-corrected chi connectivity index (χ2v) is 3.75. The molecule has 1 N–H and O–H groups in total. The number of hydrogen-bond acceptors (Lipinski definition) is 2. The van der Waals surface area contributed by atoms with Crippen molar-refractivity contribution in [2.24, 2.45) is 0 Å². The highest BCUT2D eigenvalue weighted by Crippen LogP contribution is 2.30. The van der Waals surface area contributed by atoms with Crippen LogP contribution in [-0.2, 0) is 4.74 Å². The van der Waals surface area contributed by atoms with Crippen molar-refractivity contribution in [3.05, 3.63) is 29.8 Å². The van der Waals surface area contributed by atoms with E-state index < -0.39 is 0 Å². The summed E-state index contributed by atoms with van der Waals surface area (Å²) < 4.78 is 5.23. The van der Waals surface area contributed by atoms with E-state index in [9.17, 15) is 0 Å². The SMILES string of the molecule is CC(C)Nc1cccc(C2CO2)c1. The zero-order valence-corrected chi connectivity index (χ0v) is 8.08. The van der Waals surface area contributed by atoms with Crippen molar-refractivity contribution in [1.29, 1.82) is 0 Å². The molecule has 0 saturated carbocycles. The predicted octanol–water partition coefficient (Wildman–Crippen LogP) is 2.58. The molecule has 2 nitrogen and oxygen atoms in total. The predicted molar refractivity (Wildman–Crippen MR) is 53.9 cm³/mol. The molecule has 1 heterocycles. The molecule has 1 atom stereocenters. The first-order valence-corrected chi connectivity index (χ1v) is 4.74. The molecule has 0 aliphatic carbocycles. The summed E-state index contributed by atoms with van der Waals surface area (Å²) >= 11 is 0. The Morgan fingerprint density at radius 2 is 2.23 bits per heavy atom. The van der Waals surface area contributed by atoms with Gasteiger partial charge in [0.15, 0.2) is 0 Å². The first-order valence-electron chi connectivity index (χ1n) is 4.74. The third-order valence-corrected chi connectivity index (χ3v) is 2.05. The van der Waals surface area contributed by atoms with Crippen LogP contribution in [0.5, 0.6) is 0 Å². The lowest BCUT2D eigenvalue weighted by atomic mass is 10.1. The number of rotatable bonds is 3. The van der Waals surface area contributed by atoms with E-state index in [2.05, 4.69) is 43.4 Å². The van der Waals surface area contributed by atoms with E-state index >= 15 is 0 Å². The van der Waals surface area contributed by atoms with Gasteiger partial charge in [0, 0.05) is 11.7 Å². The lowest BCUT2D eigenvalue weighted by Crippen LogP contribution is -2.09. The van der Waals surface area contributed by atoms with Gasteiger partial charge in [-0.2, -0.15) is 0 Å². The summed E-state index contributed by atoms with van der Waals surface area (Å²) in [5, 5.41) is 3.37. The number of anilines is 1. The Labute approximate surface area is 78.9 Å². The highest BCUT2D eigenvalue weighted by molar-refractivity contribution is 5.47. The first kappa shape index (κ1) is 8.57. The molecule has 13 heavy (non-hydrogen) atoms. The van der Waals surface area contributed by atoms with Gasteiger partial charge in [-0.25, -0.2) is 0 Å². The number of ether oxygens (including phenoxy) is 1. The average Bonchev–Trinajstić information content (AvgIpc) is 2.85. The number of benzene rings is 1. The topological polar surface area (TPSA) is 24.6 Å². The Morgan fingerprint density at radius 3 is 2.85 bits per heavy atom. The van der Waals surface area contributed by atoms with Gasteiger partial charge in [-0.15, -0.1) is 0 Å². The second kappa shape index (κ2) is 3.38. The van der Waals surface area contributed by atoms with Crippen molar-refractivity contribution in [3.8, 4) is 0 Å². The molecule has 70 valence electrons. The molecule has 0 radical (unpaired) electrons. The molecule has 1 fully saturated rings. The van der Waals surface area contributed by atoms with Crippen LogP contribution in [0.4, 0.5) is 5.69 Å². The maximum absolute atomic E-state index is 5.23. The molecule has 1 aliphatic rings. The van der Waals surface area contributed by atoms with Crippen LogP contribution in [0.1, 0.15) is 25.5 Å². The molecule has 1 unspecified atom stereocenters. The summed E-state index contributed by atoms with van der Waals surface area (Å²) in [6.45, 7) is 5.16. The zero-order chi connectivity index (χ0) is 9.26. The highest BCUT2D eigenvalue weighted by Gasteiger charge is 2.24. The van der Waals surface area contributed by atoms with E-state index in [0.29, 0.717) is 12.1 Å². The molecular weight excluding hydrogens is 162 g/mol. The lowest BCUT2D eigenvalue weighted by Gasteiger charge is -2.10. The molecule has 1 saturated heterocycles. The Morgan fingerprint density at radius 1 is 1.46 bits per heavy atom. The Bertz CT molecular complexity index is 292. The molecule has 2 rings (SSSR count). The fraction of sp³-hybridized carbons (Fsp3) is 0.455. The van der Waals surface area contributed by atoms with Crippen molar-refractivity contribution in [2.75, 3.05) is 11.9 Å². The molecule has 1 aliphatic heterocycles. The highest BCUT2D eigenvalue weighted by atomic mass is 16.6. The largest absolute Gasteiger partial charge is 0.383 e. The Kier molecular flexibility index (Phi) is 2.23. The monoisotopic (exact) mass is 177 g/mol. The van der Waals surface area contributed by atoms with Gasteiger partial charge in [0.25, 0.3) is 0 Å². The second-order valence-electron chi connectivity index (χ2n) is 3.75. The number of nitrogens with one attached hydrogen (secondary N) is 1. The van der Waals surface area contributed by atoms with Gasteiger partial charge >= 0.3 is 0 Å². The van der Waals surface area contributed by atoms with E-state index in [0.717, 1.165) is 6.61 Å². The molecule has 1 aromatic rings. The van der Waals surface area contributed by atoms with E-state index in [-0.39, 0.29) is 0 Å². The maximum atomic E-state index is 5.23. The van der Waals surface area contributed by atoms with Gasteiger partial charge in [-0.05, 0) is 31.5 Å². The van der Waals surface area contributed by atoms with Crippen molar-refractivity contribution >= 4 is 5.69 Å². The zero-order valence-electron chi connectivity index (χ0n) is 8.08. The smallest absolute Gasteiger partial charge is 0.106 e. The Balaban J connectivity index is 2.12. The minimum absolute atomic E-state index is 0.355. The summed E-state index contributed by atoms with van der Waals surface area (Å²) in [5.74, 6) is 0. The van der Waals surface area contributed by atoms with Gasteiger partial charge < -0.3 is 10.1 Å². The van der Waals surface area contributed by atoms with Crippen LogP contribution in [0.15, 0.2) is 24.3 Å². The van der Waals surface area contributed by atoms with Gasteiger partial charge in [0.05, 0.1) is 6.61 Å². The van der Waals surface area contributed by atoms with Crippen molar-refractivity contribution in [3.63, 3.8) is 0 Å². The number of epoxide rings is 1. The van der Waals surface area contributed by atoms with E-state index in [1.165, 1.54) is 11.3 Å². The van der Waals surface area contributed by atoms with Crippen LogP contribution in [0.25, 0.3) is 0 Å².